The molecule has 0 bridgehead atoms. The van der Waals surface area contributed by atoms with Gasteiger partial charge in [-0.05, 0) is 31.5 Å². The first kappa shape index (κ1) is 13.9. The molecule has 0 saturated heterocycles. The molecule has 0 aliphatic heterocycles. The third kappa shape index (κ3) is 2.57. The van der Waals surface area contributed by atoms with Crippen LogP contribution in [0.15, 0.2) is 0 Å². The van der Waals surface area contributed by atoms with Crippen LogP contribution in [0.1, 0.15) is 36.4 Å². The van der Waals surface area contributed by atoms with Crippen LogP contribution in [0.4, 0.5) is 0 Å². The number of aryl methyl sites for hydroxylation is 1. The average molecular weight is 310 g/mol. The Hall–Kier alpha value is -1.05. The van der Waals surface area contributed by atoms with Crippen molar-refractivity contribution in [3.63, 3.8) is 0 Å². The summed E-state index contributed by atoms with van der Waals surface area (Å²) >= 11 is 7.08. The van der Waals surface area contributed by atoms with Crippen LogP contribution in [-0.2, 0) is 17.7 Å². The smallest absolute Gasteiger partial charge is 0.195 e. The zero-order valence-electron chi connectivity index (χ0n) is 11.7. The van der Waals surface area contributed by atoms with E-state index in [-0.39, 0.29) is 0 Å². The quantitative estimate of drug-likeness (QED) is 0.833. The topological polar surface area (TPSA) is 55.7 Å². The van der Waals surface area contributed by atoms with E-state index < -0.39 is 0 Å². The van der Waals surface area contributed by atoms with Gasteiger partial charge in [-0.3, -0.25) is 9.67 Å². The molecule has 5 nitrogen and oxygen atoms in total. The van der Waals surface area contributed by atoms with E-state index in [4.69, 9.17) is 21.9 Å². The molecule has 7 heteroatoms. The van der Waals surface area contributed by atoms with Crippen LogP contribution in [0.5, 0.6) is 0 Å². The van der Waals surface area contributed by atoms with Crippen LogP contribution >= 0.6 is 23.6 Å². The van der Waals surface area contributed by atoms with Crippen LogP contribution in [0.3, 0.4) is 0 Å². The average Bonchev–Trinajstić information content (AvgIpc) is 3.12. The highest BCUT2D eigenvalue weighted by atomic mass is 32.1. The molecule has 0 spiro atoms. The van der Waals surface area contributed by atoms with Crippen LogP contribution in [-0.4, -0.2) is 33.5 Å². The summed E-state index contributed by atoms with van der Waals surface area (Å²) in [6.45, 7) is 3.47. The highest BCUT2D eigenvalue weighted by Crippen LogP contribution is 2.44. The van der Waals surface area contributed by atoms with Crippen molar-refractivity contribution in [2.75, 3.05) is 13.7 Å². The number of H-pyrrole nitrogens is 1. The second kappa shape index (κ2) is 5.75. The summed E-state index contributed by atoms with van der Waals surface area (Å²) in [6, 6.07) is 0. The Morgan fingerprint density at radius 3 is 2.95 bits per heavy atom. The normalized spacial score (nSPS) is 14.9. The Labute approximate surface area is 127 Å². The molecule has 0 atom stereocenters. The fourth-order valence-electron chi connectivity index (χ4n) is 2.17. The van der Waals surface area contributed by atoms with Crippen molar-refractivity contribution in [2.24, 2.45) is 0 Å². The third-order valence-electron chi connectivity index (χ3n) is 3.46. The Bertz CT molecular complexity index is 654. The molecule has 0 radical (unpaired) electrons. The van der Waals surface area contributed by atoms with E-state index in [9.17, 15) is 0 Å². The zero-order chi connectivity index (χ0) is 14.1. The predicted molar refractivity (Wildman–Crippen MR) is 81.7 cm³/mol. The fourth-order valence-corrected chi connectivity index (χ4v) is 3.72. The Morgan fingerprint density at radius 1 is 1.50 bits per heavy atom. The molecule has 108 valence electrons. The van der Waals surface area contributed by atoms with E-state index in [1.165, 1.54) is 17.8 Å². The molecule has 0 unspecified atom stereocenters. The van der Waals surface area contributed by atoms with Crippen LogP contribution in [0, 0.1) is 4.77 Å². The van der Waals surface area contributed by atoms with Gasteiger partial charge in [0.05, 0.1) is 28.7 Å². The van der Waals surface area contributed by atoms with Gasteiger partial charge in [0.25, 0.3) is 0 Å². The number of aromatic amines is 1. The minimum Gasteiger partial charge on any atom is -0.383 e. The SMILES string of the molecule is CCc1nc(C2CC2)sc1-c1n[nH]c(=S)n1CCOC. The molecule has 2 heterocycles. The third-order valence-corrected chi connectivity index (χ3v) is 5.02. The minimum absolute atomic E-state index is 0.622. The number of rotatable bonds is 6. The molecule has 2 aromatic heterocycles. The van der Waals surface area contributed by atoms with Gasteiger partial charge in [-0.25, -0.2) is 4.98 Å². The van der Waals surface area contributed by atoms with Crippen molar-refractivity contribution < 1.29 is 4.74 Å². The van der Waals surface area contributed by atoms with Gasteiger partial charge in [0.15, 0.2) is 10.6 Å². The summed E-state index contributed by atoms with van der Waals surface area (Å²) < 4.78 is 7.79. The summed E-state index contributed by atoms with van der Waals surface area (Å²) in [5.74, 6) is 1.57. The second-order valence-electron chi connectivity index (χ2n) is 4.95. The summed E-state index contributed by atoms with van der Waals surface area (Å²) in [5.41, 5.74) is 1.13. The van der Waals surface area contributed by atoms with Crippen molar-refractivity contribution in [3.8, 4) is 10.7 Å². The van der Waals surface area contributed by atoms with Gasteiger partial charge >= 0.3 is 0 Å². The maximum atomic E-state index is 5.31. The molecule has 0 amide bonds. The molecule has 1 aliphatic carbocycles. The molecular formula is C13H18N4OS2. The maximum absolute atomic E-state index is 5.31. The number of hydrogen-bond acceptors (Lipinski definition) is 5. The minimum atomic E-state index is 0.622. The van der Waals surface area contributed by atoms with Gasteiger partial charge in [0.1, 0.15) is 0 Å². The molecule has 0 aromatic carbocycles. The van der Waals surface area contributed by atoms with E-state index in [0.717, 1.165) is 22.8 Å². The molecule has 1 fully saturated rings. The van der Waals surface area contributed by atoms with E-state index in [2.05, 4.69) is 17.1 Å². The van der Waals surface area contributed by atoms with Crippen molar-refractivity contribution in [3.05, 3.63) is 15.5 Å². The van der Waals surface area contributed by atoms with Crippen LogP contribution < -0.4 is 0 Å². The van der Waals surface area contributed by atoms with Crippen molar-refractivity contribution in [2.45, 2.75) is 38.6 Å². The fraction of sp³-hybridized carbons (Fsp3) is 0.615. The summed E-state index contributed by atoms with van der Waals surface area (Å²) in [4.78, 5) is 5.93. The first-order valence-electron chi connectivity index (χ1n) is 6.88. The lowest BCUT2D eigenvalue weighted by molar-refractivity contribution is 0.187. The van der Waals surface area contributed by atoms with E-state index in [1.54, 1.807) is 18.4 Å². The summed E-state index contributed by atoms with van der Waals surface area (Å²) in [7, 11) is 1.69. The number of nitrogens with zero attached hydrogens (tertiary/aromatic N) is 3. The first-order valence-corrected chi connectivity index (χ1v) is 8.11. The van der Waals surface area contributed by atoms with E-state index in [0.29, 0.717) is 23.8 Å². The van der Waals surface area contributed by atoms with Crippen LogP contribution in [0.2, 0.25) is 0 Å². The number of ether oxygens (including phenoxy) is 1. The number of aromatic nitrogens is 4. The van der Waals surface area contributed by atoms with Crippen molar-refractivity contribution in [1.29, 1.82) is 0 Å². The number of hydrogen-bond donors (Lipinski definition) is 1. The lowest BCUT2D eigenvalue weighted by Gasteiger charge is -2.05. The molecule has 1 N–H and O–H groups in total. The lowest BCUT2D eigenvalue weighted by atomic mass is 10.3. The summed E-state index contributed by atoms with van der Waals surface area (Å²) in [5, 5.41) is 8.54. The Morgan fingerprint density at radius 2 is 2.30 bits per heavy atom. The molecule has 3 rings (SSSR count). The predicted octanol–water partition coefficient (Wildman–Crippen LogP) is 3.15. The molecular weight excluding hydrogens is 292 g/mol. The highest BCUT2D eigenvalue weighted by Gasteiger charge is 2.29. The van der Waals surface area contributed by atoms with Gasteiger partial charge in [-0.2, -0.15) is 5.10 Å². The van der Waals surface area contributed by atoms with E-state index in [1.807, 2.05) is 4.57 Å². The first-order chi connectivity index (χ1) is 9.74. The lowest BCUT2D eigenvalue weighted by Crippen LogP contribution is -2.06. The monoisotopic (exact) mass is 310 g/mol. The van der Waals surface area contributed by atoms with Gasteiger partial charge < -0.3 is 4.74 Å². The standard InChI is InChI=1S/C13H18N4OS2/c1-3-9-10(20-12(14-9)8-4-5-8)11-15-16-13(19)17(11)6-7-18-2/h8H,3-7H2,1-2H3,(H,16,19). The number of methoxy groups -OCH3 is 1. The largest absolute Gasteiger partial charge is 0.383 e. The zero-order valence-corrected chi connectivity index (χ0v) is 13.3. The van der Waals surface area contributed by atoms with Crippen molar-refractivity contribution >= 4 is 23.6 Å². The van der Waals surface area contributed by atoms with Gasteiger partial charge in [-0.15, -0.1) is 11.3 Å². The molecule has 20 heavy (non-hydrogen) atoms. The van der Waals surface area contributed by atoms with Gasteiger partial charge in [0, 0.05) is 13.0 Å². The van der Waals surface area contributed by atoms with Gasteiger partial charge in [0.2, 0.25) is 0 Å². The van der Waals surface area contributed by atoms with Crippen LogP contribution in [0.25, 0.3) is 10.7 Å². The molecule has 1 aliphatic rings. The number of nitrogens with one attached hydrogen (secondary N) is 1. The molecule has 1 saturated carbocycles. The maximum Gasteiger partial charge on any atom is 0.195 e. The summed E-state index contributed by atoms with van der Waals surface area (Å²) in [6.07, 6.45) is 3.46. The Balaban J connectivity index is 2.01. The second-order valence-corrected chi connectivity index (χ2v) is 6.37. The highest BCUT2D eigenvalue weighted by molar-refractivity contribution is 7.71. The Kier molecular flexibility index (Phi) is 4.00. The number of thiazole rings is 1. The van der Waals surface area contributed by atoms with Gasteiger partial charge in [-0.1, -0.05) is 6.92 Å². The molecule has 2 aromatic rings. The van der Waals surface area contributed by atoms with Crippen molar-refractivity contribution in [1.82, 2.24) is 19.7 Å². The van der Waals surface area contributed by atoms with E-state index >= 15 is 0 Å².